The van der Waals surface area contributed by atoms with Crippen molar-refractivity contribution in [2.75, 3.05) is 46.5 Å². The van der Waals surface area contributed by atoms with Gasteiger partial charge in [0.2, 0.25) is 0 Å². The van der Waals surface area contributed by atoms with E-state index in [0.29, 0.717) is 32.9 Å². The molecule has 2 aromatic carbocycles. The summed E-state index contributed by atoms with van der Waals surface area (Å²) in [7, 11) is 1.70. The summed E-state index contributed by atoms with van der Waals surface area (Å²) in [4.78, 5) is 7.14. The van der Waals surface area contributed by atoms with Crippen molar-refractivity contribution in [2.45, 2.75) is 26.1 Å². The van der Waals surface area contributed by atoms with Crippen LogP contribution >= 0.6 is 24.0 Å². The Labute approximate surface area is 207 Å². The van der Waals surface area contributed by atoms with E-state index in [0.717, 1.165) is 42.3 Å². The van der Waals surface area contributed by atoms with Gasteiger partial charge in [-0.05, 0) is 35.7 Å². The Morgan fingerprint density at radius 1 is 1.12 bits per heavy atom. The molecule has 1 unspecified atom stereocenters. The van der Waals surface area contributed by atoms with Crippen LogP contribution in [-0.2, 0) is 22.6 Å². The SMILES string of the molecule is CCNC(=NCc1cccc(COC)c1)NCC(c1ccc(F)cc1)N1CCOCC1.I. The highest BCUT2D eigenvalue weighted by molar-refractivity contribution is 14.0. The zero-order valence-corrected chi connectivity index (χ0v) is 21.2. The predicted octanol–water partition coefficient (Wildman–Crippen LogP) is 3.72. The first-order chi connectivity index (χ1) is 15.2. The first-order valence-electron chi connectivity index (χ1n) is 10.9. The molecule has 1 aliphatic heterocycles. The van der Waals surface area contributed by atoms with Crippen LogP contribution in [0.15, 0.2) is 53.5 Å². The summed E-state index contributed by atoms with van der Waals surface area (Å²) in [5.74, 6) is 0.544. The number of rotatable bonds is 9. The molecule has 0 amide bonds. The lowest BCUT2D eigenvalue weighted by Crippen LogP contribution is -2.46. The molecule has 3 rings (SSSR count). The lowest BCUT2D eigenvalue weighted by Gasteiger charge is -2.35. The van der Waals surface area contributed by atoms with E-state index < -0.39 is 0 Å². The van der Waals surface area contributed by atoms with E-state index in [-0.39, 0.29) is 35.8 Å². The van der Waals surface area contributed by atoms with Crippen LogP contribution in [0.5, 0.6) is 0 Å². The van der Waals surface area contributed by atoms with Crippen LogP contribution < -0.4 is 10.6 Å². The highest BCUT2D eigenvalue weighted by Gasteiger charge is 2.23. The molecule has 8 heteroatoms. The van der Waals surface area contributed by atoms with E-state index in [2.05, 4.69) is 40.7 Å². The Bertz CT molecular complexity index is 829. The first-order valence-corrected chi connectivity index (χ1v) is 10.9. The van der Waals surface area contributed by atoms with Crippen molar-refractivity contribution in [1.29, 1.82) is 0 Å². The molecule has 32 heavy (non-hydrogen) atoms. The van der Waals surface area contributed by atoms with E-state index >= 15 is 0 Å². The minimum absolute atomic E-state index is 0. The molecule has 1 fully saturated rings. The average Bonchev–Trinajstić information content (AvgIpc) is 2.80. The topological polar surface area (TPSA) is 58.1 Å². The van der Waals surface area contributed by atoms with E-state index in [1.54, 1.807) is 7.11 Å². The Balaban J connectivity index is 0.00000363. The number of aliphatic imine (C=N–C) groups is 1. The zero-order valence-electron chi connectivity index (χ0n) is 18.9. The van der Waals surface area contributed by atoms with Crippen LogP contribution in [0.4, 0.5) is 4.39 Å². The summed E-state index contributed by atoms with van der Waals surface area (Å²) in [6.07, 6.45) is 0. The quantitative estimate of drug-likeness (QED) is 0.280. The number of nitrogens with one attached hydrogen (secondary N) is 2. The second-order valence-corrected chi connectivity index (χ2v) is 7.54. The molecule has 6 nitrogen and oxygen atoms in total. The van der Waals surface area contributed by atoms with Crippen molar-refractivity contribution in [3.8, 4) is 0 Å². The molecule has 0 aromatic heterocycles. The van der Waals surface area contributed by atoms with Crippen molar-refractivity contribution in [3.05, 3.63) is 71.0 Å². The molecule has 2 aromatic rings. The third kappa shape index (κ3) is 8.31. The van der Waals surface area contributed by atoms with Gasteiger partial charge in [0, 0.05) is 33.3 Å². The maximum Gasteiger partial charge on any atom is 0.191 e. The van der Waals surface area contributed by atoms with Gasteiger partial charge in [-0.15, -0.1) is 24.0 Å². The van der Waals surface area contributed by atoms with Gasteiger partial charge in [-0.1, -0.05) is 36.4 Å². The van der Waals surface area contributed by atoms with Crippen molar-refractivity contribution >= 4 is 29.9 Å². The number of morpholine rings is 1. The molecule has 0 bridgehead atoms. The van der Waals surface area contributed by atoms with E-state index in [1.807, 2.05) is 18.2 Å². The van der Waals surface area contributed by atoms with Crippen LogP contribution in [-0.4, -0.2) is 57.4 Å². The fourth-order valence-corrected chi connectivity index (χ4v) is 3.72. The van der Waals surface area contributed by atoms with Gasteiger partial charge in [0.1, 0.15) is 5.82 Å². The van der Waals surface area contributed by atoms with Crippen LogP contribution in [0, 0.1) is 5.82 Å². The lowest BCUT2D eigenvalue weighted by atomic mass is 10.0. The van der Waals surface area contributed by atoms with Gasteiger partial charge in [-0.2, -0.15) is 0 Å². The Kier molecular flexibility index (Phi) is 11.9. The summed E-state index contributed by atoms with van der Waals surface area (Å²) in [6.45, 7) is 7.78. The van der Waals surface area contributed by atoms with Gasteiger partial charge < -0.3 is 20.1 Å². The monoisotopic (exact) mass is 556 g/mol. The molecule has 2 N–H and O–H groups in total. The summed E-state index contributed by atoms with van der Waals surface area (Å²) >= 11 is 0. The summed E-state index contributed by atoms with van der Waals surface area (Å²) in [5.41, 5.74) is 3.35. The fraction of sp³-hybridized carbons (Fsp3) is 0.458. The molecule has 1 heterocycles. The lowest BCUT2D eigenvalue weighted by molar-refractivity contribution is 0.0170. The third-order valence-electron chi connectivity index (χ3n) is 5.27. The standard InChI is InChI=1S/C24H33FN4O2.HI/c1-3-26-24(27-16-19-5-4-6-20(15-19)18-30-2)28-17-23(29-11-13-31-14-12-29)21-7-9-22(25)10-8-21;/h4-10,15,23H,3,11-14,16-18H2,1-2H3,(H2,26,27,28);1H. The molecule has 1 saturated heterocycles. The van der Waals surface area contributed by atoms with Gasteiger partial charge >= 0.3 is 0 Å². The van der Waals surface area contributed by atoms with Gasteiger partial charge in [-0.3, -0.25) is 4.90 Å². The van der Waals surface area contributed by atoms with Gasteiger partial charge in [-0.25, -0.2) is 9.38 Å². The number of halogens is 2. The molecular formula is C24H34FIN4O2. The van der Waals surface area contributed by atoms with Crippen molar-refractivity contribution in [2.24, 2.45) is 4.99 Å². The highest BCUT2D eigenvalue weighted by atomic mass is 127. The van der Waals surface area contributed by atoms with Gasteiger partial charge in [0.25, 0.3) is 0 Å². The smallest absolute Gasteiger partial charge is 0.191 e. The first kappa shape index (κ1) is 26.5. The summed E-state index contributed by atoms with van der Waals surface area (Å²) in [5, 5.41) is 6.80. The number of guanidine groups is 1. The van der Waals surface area contributed by atoms with E-state index in [4.69, 9.17) is 14.5 Å². The number of benzene rings is 2. The molecule has 0 radical (unpaired) electrons. The zero-order chi connectivity index (χ0) is 21.9. The Morgan fingerprint density at radius 2 is 1.84 bits per heavy atom. The second kappa shape index (κ2) is 14.4. The number of ether oxygens (including phenoxy) is 2. The number of hydrogen-bond acceptors (Lipinski definition) is 4. The van der Waals surface area contributed by atoms with Gasteiger partial charge in [0.15, 0.2) is 5.96 Å². The van der Waals surface area contributed by atoms with Crippen molar-refractivity contribution in [1.82, 2.24) is 15.5 Å². The molecule has 0 spiro atoms. The third-order valence-corrected chi connectivity index (χ3v) is 5.27. The summed E-state index contributed by atoms with van der Waals surface area (Å²) in [6, 6.07) is 15.2. The molecule has 0 saturated carbocycles. The summed E-state index contributed by atoms with van der Waals surface area (Å²) < 4.78 is 24.2. The van der Waals surface area contributed by atoms with Gasteiger partial charge in [0.05, 0.1) is 32.4 Å². The van der Waals surface area contributed by atoms with Crippen LogP contribution in [0.3, 0.4) is 0 Å². The van der Waals surface area contributed by atoms with Crippen molar-refractivity contribution < 1.29 is 13.9 Å². The average molecular weight is 556 g/mol. The number of methoxy groups -OCH3 is 1. The minimum atomic E-state index is -0.219. The number of hydrogen-bond donors (Lipinski definition) is 2. The number of nitrogens with zero attached hydrogens (tertiary/aromatic N) is 2. The molecular weight excluding hydrogens is 522 g/mol. The van der Waals surface area contributed by atoms with Crippen molar-refractivity contribution in [3.63, 3.8) is 0 Å². The second-order valence-electron chi connectivity index (χ2n) is 7.54. The van der Waals surface area contributed by atoms with E-state index in [9.17, 15) is 4.39 Å². The highest BCUT2D eigenvalue weighted by Crippen LogP contribution is 2.21. The molecule has 1 atom stereocenters. The minimum Gasteiger partial charge on any atom is -0.380 e. The maximum atomic E-state index is 13.5. The normalized spacial score (nSPS) is 15.7. The molecule has 176 valence electrons. The van der Waals surface area contributed by atoms with Crippen LogP contribution in [0.2, 0.25) is 0 Å². The van der Waals surface area contributed by atoms with E-state index in [1.165, 1.54) is 12.1 Å². The molecule has 0 aliphatic carbocycles. The Hall–Kier alpha value is -1.75. The fourth-order valence-electron chi connectivity index (χ4n) is 3.72. The molecule has 1 aliphatic rings. The largest absolute Gasteiger partial charge is 0.380 e. The van der Waals surface area contributed by atoms with Crippen LogP contribution in [0.25, 0.3) is 0 Å². The van der Waals surface area contributed by atoms with Crippen LogP contribution in [0.1, 0.15) is 29.7 Å². The Morgan fingerprint density at radius 3 is 2.53 bits per heavy atom. The predicted molar refractivity (Wildman–Crippen MR) is 137 cm³/mol. The maximum absolute atomic E-state index is 13.5.